The Morgan fingerprint density at radius 3 is 3.10 bits per heavy atom. The van der Waals surface area contributed by atoms with Gasteiger partial charge in [0.25, 0.3) is 0 Å². The topological polar surface area (TPSA) is 71.8 Å². The third-order valence-electron chi connectivity index (χ3n) is 3.64. The molecule has 2 aromatic rings. The number of pyridine rings is 1. The van der Waals surface area contributed by atoms with Gasteiger partial charge in [-0.05, 0) is 50.0 Å². The molecule has 21 heavy (non-hydrogen) atoms. The van der Waals surface area contributed by atoms with Crippen LogP contribution in [-0.2, 0) is 4.79 Å². The van der Waals surface area contributed by atoms with Gasteiger partial charge in [-0.15, -0.1) is 0 Å². The highest BCUT2D eigenvalue weighted by Gasteiger charge is 2.16. The molecular weight excluding hydrogens is 266 g/mol. The van der Waals surface area contributed by atoms with E-state index in [1.54, 1.807) is 17.1 Å². The van der Waals surface area contributed by atoms with E-state index in [0.29, 0.717) is 12.3 Å². The van der Waals surface area contributed by atoms with Gasteiger partial charge in [-0.1, -0.05) is 0 Å². The molecule has 110 valence electrons. The van der Waals surface area contributed by atoms with Crippen LogP contribution < -0.4 is 10.6 Å². The summed E-state index contributed by atoms with van der Waals surface area (Å²) in [4.78, 5) is 16.3. The number of anilines is 1. The number of nitrogens with one attached hydrogen (secondary N) is 2. The number of nitrogens with zero attached hydrogens (tertiary/aromatic N) is 3. The van der Waals surface area contributed by atoms with Crippen LogP contribution in [0.5, 0.6) is 0 Å². The number of hydrogen-bond donors (Lipinski definition) is 2. The number of amides is 1. The summed E-state index contributed by atoms with van der Waals surface area (Å²) in [6.45, 7) is 2.00. The third kappa shape index (κ3) is 3.66. The summed E-state index contributed by atoms with van der Waals surface area (Å²) in [7, 11) is 0. The molecule has 1 aliphatic heterocycles. The van der Waals surface area contributed by atoms with Crippen molar-refractivity contribution in [2.75, 3.05) is 18.4 Å². The molecule has 0 spiro atoms. The molecule has 6 nitrogen and oxygen atoms in total. The summed E-state index contributed by atoms with van der Waals surface area (Å²) in [6, 6.07) is 5.53. The molecule has 1 aliphatic rings. The largest absolute Gasteiger partial charge is 0.325 e. The quantitative estimate of drug-likeness (QED) is 0.895. The van der Waals surface area contributed by atoms with Crippen LogP contribution in [0.25, 0.3) is 5.82 Å². The summed E-state index contributed by atoms with van der Waals surface area (Å²) in [5, 5.41) is 10.3. The Labute approximate surface area is 123 Å². The van der Waals surface area contributed by atoms with E-state index < -0.39 is 0 Å². The van der Waals surface area contributed by atoms with E-state index >= 15 is 0 Å². The Kier molecular flexibility index (Phi) is 4.25. The summed E-state index contributed by atoms with van der Waals surface area (Å²) in [6.07, 6.45) is 8.03. The van der Waals surface area contributed by atoms with Gasteiger partial charge in [0.05, 0.1) is 11.9 Å². The van der Waals surface area contributed by atoms with Crippen LogP contribution in [0, 0.1) is 5.92 Å². The van der Waals surface area contributed by atoms with Crippen molar-refractivity contribution < 1.29 is 4.79 Å². The van der Waals surface area contributed by atoms with Crippen LogP contribution in [0.4, 0.5) is 5.69 Å². The molecule has 3 heterocycles. The first-order chi connectivity index (χ1) is 10.3. The lowest BCUT2D eigenvalue weighted by Crippen LogP contribution is -2.32. The molecule has 1 unspecified atom stereocenters. The van der Waals surface area contributed by atoms with Crippen molar-refractivity contribution in [3.63, 3.8) is 0 Å². The number of carbonyl (C=O) groups excluding carboxylic acids is 1. The van der Waals surface area contributed by atoms with Crippen LogP contribution in [-0.4, -0.2) is 33.8 Å². The molecule has 0 aliphatic carbocycles. The van der Waals surface area contributed by atoms with E-state index in [9.17, 15) is 4.79 Å². The second kappa shape index (κ2) is 6.49. The molecule has 1 saturated heterocycles. The minimum Gasteiger partial charge on any atom is -0.325 e. The van der Waals surface area contributed by atoms with Gasteiger partial charge in [0.15, 0.2) is 5.82 Å². The lowest BCUT2D eigenvalue weighted by molar-refractivity contribution is -0.117. The Bertz CT molecular complexity index is 573. The predicted octanol–water partition coefficient (Wildman–Crippen LogP) is 1.60. The van der Waals surface area contributed by atoms with Gasteiger partial charge in [-0.3, -0.25) is 4.79 Å². The molecule has 1 fully saturated rings. The second-order valence-electron chi connectivity index (χ2n) is 5.32. The highest BCUT2D eigenvalue weighted by Crippen LogP contribution is 2.15. The Morgan fingerprint density at radius 2 is 2.43 bits per heavy atom. The van der Waals surface area contributed by atoms with Crippen molar-refractivity contribution in [1.29, 1.82) is 0 Å². The number of carbonyl (C=O) groups is 1. The van der Waals surface area contributed by atoms with Crippen LogP contribution in [0.2, 0.25) is 0 Å². The lowest BCUT2D eigenvalue weighted by Gasteiger charge is -2.22. The lowest BCUT2D eigenvalue weighted by atomic mass is 9.96. The van der Waals surface area contributed by atoms with Gasteiger partial charge >= 0.3 is 0 Å². The standard InChI is InChI=1S/C15H19N5O/c21-15(9-12-3-1-6-16-10-12)19-13-4-5-14(17-11-13)20-8-2-7-18-20/h2,4-5,7-8,11-12,16H,1,3,6,9-10H2,(H,19,21). The average Bonchev–Trinajstić information content (AvgIpc) is 3.03. The number of aromatic nitrogens is 3. The van der Waals surface area contributed by atoms with Crippen molar-refractivity contribution >= 4 is 11.6 Å². The second-order valence-corrected chi connectivity index (χ2v) is 5.32. The Balaban J connectivity index is 1.56. The zero-order valence-electron chi connectivity index (χ0n) is 11.8. The average molecular weight is 285 g/mol. The van der Waals surface area contributed by atoms with Gasteiger partial charge in [-0.25, -0.2) is 9.67 Å². The molecule has 0 aromatic carbocycles. The van der Waals surface area contributed by atoms with Gasteiger partial charge in [0.1, 0.15) is 0 Å². The van der Waals surface area contributed by atoms with Crippen molar-refractivity contribution in [2.24, 2.45) is 5.92 Å². The number of hydrogen-bond acceptors (Lipinski definition) is 4. The summed E-state index contributed by atoms with van der Waals surface area (Å²) >= 11 is 0. The zero-order chi connectivity index (χ0) is 14.5. The normalized spacial score (nSPS) is 18.4. The van der Waals surface area contributed by atoms with E-state index in [2.05, 4.69) is 20.7 Å². The van der Waals surface area contributed by atoms with Crippen molar-refractivity contribution in [3.05, 3.63) is 36.8 Å². The number of piperidine rings is 1. The van der Waals surface area contributed by atoms with Crippen LogP contribution in [0.3, 0.4) is 0 Å². The van der Waals surface area contributed by atoms with E-state index in [1.165, 1.54) is 0 Å². The van der Waals surface area contributed by atoms with Gasteiger partial charge < -0.3 is 10.6 Å². The van der Waals surface area contributed by atoms with Crippen molar-refractivity contribution in [3.8, 4) is 5.82 Å². The first kappa shape index (κ1) is 13.8. The van der Waals surface area contributed by atoms with E-state index in [0.717, 1.165) is 37.4 Å². The first-order valence-corrected chi connectivity index (χ1v) is 7.28. The van der Waals surface area contributed by atoms with Crippen LogP contribution in [0.15, 0.2) is 36.8 Å². The molecule has 0 saturated carbocycles. The summed E-state index contributed by atoms with van der Waals surface area (Å²) in [5.74, 6) is 1.22. The molecule has 6 heteroatoms. The molecule has 1 atom stereocenters. The SMILES string of the molecule is O=C(CC1CCCNC1)Nc1ccc(-n2cccn2)nc1. The molecule has 0 radical (unpaired) electrons. The fourth-order valence-corrected chi connectivity index (χ4v) is 2.57. The molecule has 2 aromatic heterocycles. The maximum atomic E-state index is 12.0. The Morgan fingerprint density at radius 1 is 1.48 bits per heavy atom. The molecule has 0 bridgehead atoms. The fraction of sp³-hybridized carbons (Fsp3) is 0.400. The monoisotopic (exact) mass is 285 g/mol. The molecule has 2 N–H and O–H groups in total. The smallest absolute Gasteiger partial charge is 0.224 e. The third-order valence-corrected chi connectivity index (χ3v) is 3.64. The van der Waals surface area contributed by atoms with Crippen molar-refractivity contribution in [2.45, 2.75) is 19.3 Å². The fourth-order valence-electron chi connectivity index (χ4n) is 2.57. The molecular formula is C15H19N5O. The van der Waals surface area contributed by atoms with Gasteiger partial charge in [0, 0.05) is 18.8 Å². The first-order valence-electron chi connectivity index (χ1n) is 7.28. The van der Waals surface area contributed by atoms with E-state index in [1.807, 2.05) is 24.4 Å². The number of rotatable bonds is 4. The highest BCUT2D eigenvalue weighted by atomic mass is 16.1. The van der Waals surface area contributed by atoms with Gasteiger partial charge in [-0.2, -0.15) is 5.10 Å². The van der Waals surface area contributed by atoms with Crippen molar-refractivity contribution in [1.82, 2.24) is 20.1 Å². The van der Waals surface area contributed by atoms with E-state index in [4.69, 9.17) is 0 Å². The van der Waals surface area contributed by atoms with Crippen LogP contribution in [0.1, 0.15) is 19.3 Å². The summed E-state index contributed by atoms with van der Waals surface area (Å²) in [5.41, 5.74) is 0.722. The maximum absolute atomic E-state index is 12.0. The Hall–Kier alpha value is -2.21. The van der Waals surface area contributed by atoms with E-state index in [-0.39, 0.29) is 5.91 Å². The summed E-state index contributed by atoms with van der Waals surface area (Å²) < 4.78 is 1.68. The zero-order valence-corrected chi connectivity index (χ0v) is 11.8. The van der Waals surface area contributed by atoms with Crippen LogP contribution >= 0.6 is 0 Å². The minimum atomic E-state index is 0.0531. The van der Waals surface area contributed by atoms with Gasteiger partial charge in [0.2, 0.25) is 5.91 Å². The molecule has 3 rings (SSSR count). The predicted molar refractivity (Wildman–Crippen MR) is 80.2 cm³/mol. The minimum absolute atomic E-state index is 0.0531. The molecule has 1 amide bonds. The maximum Gasteiger partial charge on any atom is 0.224 e. The highest BCUT2D eigenvalue weighted by molar-refractivity contribution is 5.90.